The molecule has 0 aliphatic carbocycles. The zero-order chi connectivity index (χ0) is 29.2. The quantitative estimate of drug-likeness (QED) is 0.398. The number of halogens is 3. The molecule has 9 nitrogen and oxygen atoms in total. The molecule has 1 aliphatic rings. The fourth-order valence-electron chi connectivity index (χ4n) is 4.96. The Morgan fingerprint density at radius 3 is 2.52 bits per heavy atom. The summed E-state index contributed by atoms with van der Waals surface area (Å²) in [5.74, 6) is -3.72. The van der Waals surface area contributed by atoms with E-state index in [0.29, 0.717) is 23.1 Å². The van der Waals surface area contributed by atoms with Crippen molar-refractivity contribution in [3.8, 4) is 0 Å². The Kier molecular flexibility index (Phi) is 8.62. The van der Waals surface area contributed by atoms with Gasteiger partial charge < -0.3 is 20.1 Å². The molecule has 40 heavy (non-hydrogen) atoms. The van der Waals surface area contributed by atoms with Gasteiger partial charge in [-0.05, 0) is 55.5 Å². The Balaban J connectivity index is 1.51. The first-order chi connectivity index (χ1) is 18.9. The van der Waals surface area contributed by atoms with E-state index in [0.717, 1.165) is 4.70 Å². The number of aromatic nitrogens is 1. The smallest absolute Gasteiger partial charge is 0.361 e. The minimum Gasteiger partial charge on any atom is -0.361 e. The molecule has 0 unspecified atom stereocenters. The number of likely N-dealkylation sites (tertiary alicyclic amines) is 1. The van der Waals surface area contributed by atoms with Gasteiger partial charge in [0.25, 0.3) is 11.7 Å². The van der Waals surface area contributed by atoms with Gasteiger partial charge in [0, 0.05) is 17.7 Å². The topological polar surface area (TPSA) is 122 Å². The Labute approximate surface area is 232 Å². The van der Waals surface area contributed by atoms with E-state index < -0.39 is 47.8 Å². The molecule has 2 N–H and O–H groups in total. The average Bonchev–Trinajstić information content (AvgIpc) is 3.64. The zero-order valence-electron chi connectivity index (χ0n) is 22.1. The number of nitrogens with zero attached hydrogens (tertiary/aromatic N) is 2. The fourth-order valence-corrected chi connectivity index (χ4v) is 5.94. The maximum absolute atomic E-state index is 13.5. The Morgan fingerprint density at radius 1 is 1.15 bits per heavy atom. The maximum atomic E-state index is 13.5. The summed E-state index contributed by atoms with van der Waals surface area (Å²) in [5, 5.41) is 11.1. The normalized spacial score (nSPS) is 17.1. The summed E-state index contributed by atoms with van der Waals surface area (Å²) in [6.45, 7) is 5.02. The number of ketones is 1. The lowest BCUT2D eigenvalue weighted by Crippen LogP contribution is -2.56. The van der Waals surface area contributed by atoms with Crippen LogP contribution >= 0.6 is 11.3 Å². The SMILES string of the molecule is CC[C@H](NC(=O)c1c(C)noc1C)C(=O)N1CCC[C@H]1C(=O)N[C@@H](Cc1csc2ccccc12)C(=O)C(F)(F)F. The van der Waals surface area contributed by atoms with E-state index in [2.05, 4.69) is 15.8 Å². The van der Waals surface area contributed by atoms with Crippen molar-refractivity contribution >= 4 is 44.9 Å². The Bertz CT molecular complexity index is 1410. The van der Waals surface area contributed by atoms with E-state index >= 15 is 0 Å². The van der Waals surface area contributed by atoms with E-state index in [1.807, 2.05) is 6.07 Å². The van der Waals surface area contributed by atoms with Gasteiger partial charge in [0.15, 0.2) is 0 Å². The molecule has 3 heterocycles. The first-order valence-corrected chi connectivity index (χ1v) is 13.7. The summed E-state index contributed by atoms with van der Waals surface area (Å²) < 4.78 is 46.4. The van der Waals surface area contributed by atoms with Crippen LogP contribution in [0, 0.1) is 13.8 Å². The second-order valence-electron chi connectivity index (χ2n) is 9.71. The van der Waals surface area contributed by atoms with Gasteiger partial charge in [-0.1, -0.05) is 30.3 Å². The van der Waals surface area contributed by atoms with Crippen LogP contribution in [0.3, 0.4) is 0 Å². The molecular weight excluding hydrogens is 549 g/mol. The Hall–Kier alpha value is -3.74. The van der Waals surface area contributed by atoms with Crippen molar-refractivity contribution in [2.45, 2.75) is 70.8 Å². The summed E-state index contributed by atoms with van der Waals surface area (Å²) in [6.07, 6.45) is -4.66. The summed E-state index contributed by atoms with van der Waals surface area (Å²) >= 11 is 1.33. The van der Waals surface area contributed by atoms with E-state index in [4.69, 9.17) is 4.52 Å². The monoisotopic (exact) mass is 578 g/mol. The van der Waals surface area contributed by atoms with Gasteiger partial charge in [-0.25, -0.2) is 0 Å². The molecule has 0 bridgehead atoms. The van der Waals surface area contributed by atoms with Gasteiger partial charge in [0.2, 0.25) is 11.8 Å². The highest BCUT2D eigenvalue weighted by Gasteiger charge is 2.46. The predicted octanol–water partition coefficient (Wildman–Crippen LogP) is 3.86. The molecule has 3 amide bonds. The number of nitrogens with one attached hydrogen (secondary N) is 2. The van der Waals surface area contributed by atoms with E-state index in [9.17, 15) is 32.3 Å². The van der Waals surface area contributed by atoms with Crippen molar-refractivity contribution < 1.29 is 36.9 Å². The van der Waals surface area contributed by atoms with Gasteiger partial charge in [0.05, 0.1) is 5.69 Å². The van der Waals surface area contributed by atoms with Crippen molar-refractivity contribution in [2.75, 3.05) is 6.54 Å². The number of rotatable bonds is 9. The molecule has 3 aromatic rings. The predicted molar refractivity (Wildman–Crippen MR) is 141 cm³/mol. The number of hydrogen-bond donors (Lipinski definition) is 2. The number of benzene rings is 1. The average molecular weight is 579 g/mol. The lowest BCUT2D eigenvalue weighted by molar-refractivity contribution is -0.173. The minimum absolute atomic E-state index is 0.182. The molecule has 3 atom stereocenters. The van der Waals surface area contributed by atoms with E-state index in [-0.39, 0.29) is 37.1 Å². The number of aryl methyl sites for hydroxylation is 2. The number of amides is 3. The number of carbonyl (C=O) groups is 4. The second-order valence-corrected chi connectivity index (χ2v) is 10.6. The lowest BCUT2D eigenvalue weighted by Gasteiger charge is -2.29. The van der Waals surface area contributed by atoms with Crippen LogP contribution in [0.15, 0.2) is 34.2 Å². The largest absolute Gasteiger partial charge is 0.452 e. The van der Waals surface area contributed by atoms with Gasteiger partial charge in [-0.2, -0.15) is 13.2 Å². The number of Topliss-reactive ketones (excluding diaryl/α,β-unsaturated/α-hetero) is 1. The molecule has 4 rings (SSSR count). The van der Waals surface area contributed by atoms with Gasteiger partial charge in [0.1, 0.15) is 29.4 Å². The first-order valence-electron chi connectivity index (χ1n) is 12.8. The standard InChI is InChI=1S/C27H29F3N4O5S/c1-4-18(31-25(37)22-14(2)33-39-15(22)3)26(38)34-11-7-9-20(34)24(36)32-19(23(35)27(28,29)30)12-16-13-40-21-10-6-5-8-17(16)21/h5-6,8,10,13,18-20H,4,7,9,11-12H2,1-3H3,(H,31,37)(H,32,36)/t18-,19-,20-/m0/s1. The Morgan fingerprint density at radius 2 is 1.88 bits per heavy atom. The molecule has 13 heteroatoms. The molecule has 1 fully saturated rings. The summed E-state index contributed by atoms with van der Waals surface area (Å²) in [5.41, 5.74) is 1.07. The van der Waals surface area contributed by atoms with Gasteiger partial charge >= 0.3 is 6.18 Å². The van der Waals surface area contributed by atoms with Crippen LogP contribution in [0.2, 0.25) is 0 Å². The van der Waals surface area contributed by atoms with Crippen LogP contribution in [0.25, 0.3) is 10.1 Å². The van der Waals surface area contributed by atoms with Crippen LogP contribution in [0.1, 0.15) is 53.6 Å². The van der Waals surface area contributed by atoms with Crippen molar-refractivity contribution in [1.82, 2.24) is 20.7 Å². The highest BCUT2D eigenvalue weighted by Crippen LogP contribution is 2.29. The maximum Gasteiger partial charge on any atom is 0.452 e. The summed E-state index contributed by atoms with van der Waals surface area (Å²) in [6, 6.07) is 3.18. The number of fused-ring (bicyclic) bond motifs is 1. The van der Waals surface area contributed by atoms with Crippen LogP contribution in [-0.4, -0.2) is 64.4 Å². The summed E-state index contributed by atoms with van der Waals surface area (Å²) in [7, 11) is 0. The number of thiophene rings is 1. The van der Waals surface area contributed by atoms with Gasteiger partial charge in [-0.3, -0.25) is 19.2 Å². The first kappa shape index (κ1) is 29.2. The molecule has 1 aromatic carbocycles. The second kappa shape index (κ2) is 11.8. The minimum atomic E-state index is -5.16. The van der Waals surface area contributed by atoms with Crippen molar-refractivity contribution in [3.05, 3.63) is 52.2 Å². The molecule has 1 saturated heterocycles. The number of carbonyl (C=O) groups excluding carboxylic acids is 4. The van der Waals surface area contributed by atoms with Crippen LogP contribution in [-0.2, 0) is 20.8 Å². The summed E-state index contributed by atoms with van der Waals surface area (Å²) in [4.78, 5) is 53.1. The molecular formula is C27H29F3N4O5S. The third kappa shape index (κ3) is 6.03. The third-order valence-electron chi connectivity index (χ3n) is 7.01. The van der Waals surface area contributed by atoms with Gasteiger partial charge in [-0.15, -0.1) is 11.3 Å². The molecule has 0 spiro atoms. The van der Waals surface area contributed by atoms with Crippen LogP contribution in [0.4, 0.5) is 13.2 Å². The molecule has 0 saturated carbocycles. The molecule has 1 aliphatic heterocycles. The molecule has 0 radical (unpaired) electrons. The number of hydrogen-bond acceptors (Lipinski definition) is 7. The van der Waals surface area contributed by atoms with E-state index in [1.165, 1.54) is 16.2 Å². The zero-order valence-corrected chi connectivity index (χ0v) is 22.9. The highest BCUT2D eigenvalue weighted by atomic mass is 32.1. The fraction of sp³-hybridized carbons (Fsp3) is 0.444. The van der Waals surface area contributed by atoms with Crippen molar-refractivity contribution in [3.63, 3.8) is 0 Å². The van der Waals surface area contributed by atoms with Crippen molar-refractivity contribution in [2.24, 2.45) is 0 Å². The van der Waals surface area contributed by atoms with Crippen molar-refractivity contribution in [1.29, 1.82) is 0 Å². The third-order valence-corrected chi connectivity index (χ3v) is 8.02. The molecule has 2 aromatic heterocycles. The van der Waals surface area contributed by atoms with Crippen LogP contribution in [0.5, 0.6) is 0 Å². The highest BCUT2D eigenvalue weighted by molar-refractivity contribution is 7.17. The van der Waals surface area contributed by atoms with E-state index in [1.54, 1.807) is 44.4 Å². The number of alkyl halides is 3. The van der Waals surface area contributed by atoms with Crippen LogP contribution < -0.4 is 10.6 Å². The molecule has 214 valence electrons. The lowest BCUT2D eigenvalue weighted by atomic mass is 10.0.